The Morgan fingerprint density at radius 1 is 0.880 bits per heavy atom. The molecule has 0 aliphatic rings. The van der Waals surface area contributed by atoms with Crippen molar-refractivity contribution in [1.29, 1.82) is 0 Å². The summed E-state index contributed by atoms with van der Waals surface area (Å²) < 4.78 is 0. The van der Waals surface area contributed by atoms with Crippen LogP contribution >= 0.6 is 0 Å². The van der Waals surface area contributed by atoms with Gasteiger partial charge in [-0.3, -0.25) is 9.59 Å². The van der Waals surface area contributed by atoms with Crippen LogP contribution in [0.4, 0.5) is 11.4 Å². The van der Waals surface area contributed by atoms with Gasteiger partial charge >= 0.3 is 0 Å². The molecule has 0 saturated carbocycles. The molecule has 0 atom stereocenters. The summed E-state index contributed by atoms with van der Waals surface area (Å²) in [6.07, 6.45) is 4.79. The van der Waals surface area contributed by atoms with Gasteiger partial charge in [-0.2, -0.15) is 0 Å². The Kier molecular flexibility index (Phi) is 7.20. The fraction of sp³-hybridized carbons (Fsp3) is 0.333. The number of aryl methyl sites for hydroxylation is 1. The van der Waals surface area contributed by atoms with E-state index in [4.69, 9.17) is 0 Å². The average molecular weight is 338 g/mol. The highest BCUT2D eigenvalue weighted by molar-refractivity contribution is 6.05. The zero-order valence-electron chi connectivity index (χ0n) is 15.0. The number of nitrogens with one attached hydrogen (secondary N) is 2. The molecule has 4 heteroatoms. The maximum atomic E-state index is 12.4. The molecule has 0 saturated heterocycles. The van der Waals surface area contributed by atoms with Crippen molar-refractivity contribution in [2.24, 2.45) is 0 Å². The summed E-state index contributed by atoms with van der Waals surface area (Å²) in [7, 11) is 0. The Morgan fingerprint density at radius 3 is 2.32 bits per heavy atom. The van der Waals surface area contributed by atoms with Crippen molar-refractivity contribution in [2.75, 3.05) is 10.6 Å². The normalized spacial score (nSPS) is 10.3. The third-order valence-electron chi connectivity index (χ3n) is 3.94. The van der Waals surface area contributed by atoms with Gasteiger partial charge in [-0.25, -0.2) is 0 Å². The highest BCUT2D eigenvalue weighted by atomic mass is 16.2. The van der Waals surface area contributed by atoms with E-state index < -0.39 is 0 Å². The minimum absolute atomic E-state index is 0.00709. The standard InChI is InChI=1S/C21H26N2O2/c1-3-4-5-6-13-20(24)22-19-12-8-10-17(15-19)21(25)23-18-11-7-9-16(2)14-18/h7-12,14-15H,3-6,13H2,1-2H3,(H,22,24)(H,23,25). The van der Waals surface area contributed by atoms with E-state index in [1.807, 2.05) is 31.2 Å². The summed E-state index contributed by atoms with van der Waals surface area (Å²) in [4.78, 5) is 24.4. The molecule has 2 aromatic carbocycles. The predicted molar refractivity (Wildman–Crippen MR) is 103 cm³/mol. The molecule has 0 radical (unpaired) electrons. The summed E-state index contributed by atoms with van der Waals surface area (Å²) in [6, 6.07) is 14.7. The van der Waals surface area contributed by atoms with Crippen molar-refractivity contribution in [3.05, 3.63) is 59.7 Å². The van der Waals surface area contributed by atoms with Gasteiger partial charge in [0.25, 0.3) is 5.91 Å². The molecule has 0 unspecified atom stereocenters. The second-order valence-corrected chi connectivity index (χ2v) is 6.26. The molecule has 132 valence electrons. The summed E-state index contributed by atoms with van der Waals surface area (Å²) in [5.74, 6) is -0.197. The first-order valence-electron chi connectivity index (χ1n) is 8.86. The molecule has 2 aromatic rings. The topological polar surface area (TPSA) is 58.2 Å². The minimum atomic E-state index is -0.190. The molecule has 0 heterocycles. The van der Waals surface area contributed by atoms with Gasteiger partial charge in [0.05, 0.1) is 0 Å². The van der Waals surface area contributed by atoms with Crippen molar-refractivity contribution in [3.8, 4) is 0 Å². The van der Waals surface area contributed by atoms with Gasteiger partial charge in [-0.05, 0) is 49.2 Å². The van der Waals surface area contributed by atoms with Crippen LogP contribution in [0.2, 0.25) is 0 Å². The van der Waals surface area contributed by atoms with Crippen LogP contribution in [0.3, 0.4) is 0 Å². The van der Waals surface area contributed by atoms with Gasteiger partial charge in [-0.1, -0.05) is 44.4 Å². The lowest BCUT2D eigenvalue weighted by Gasteiger charge is -2.09. The van der Waals surface area contributed by atoms with Gasteiger partial charge < -0.3 is 10.6 Å². The Balaban J connectivity index is 1.93. The van der Waals surface area contributed by atoms with E-state index in [2.05, 4.69) is 17.6 Å². The van der Waals surface area contributed by atoms with Crippen molar-refractivity contribution in [3.63, 3.8) is 0 Å². The van der Waals surface area contributed by atoms with Gasteiger partial charge in [0.1, 0.15) is 0 Å². The predicted octanol–water partition coefficient (Wildman–Crippen LogP) is 5.16. The first-order chi connectivity index (χ1) is 12.1. The highest BCUT2D eigenvalue weighted by Crippen LogP contribution is 2.15. The summed E-state index contributed by atoms with van der Waals surface area (Å²) in [6.45, 7) is 4.12. The van der Waals surface area contributed by atoms with Gasteiger partial charge in [0.15, 0.2) is 0 Å². The maximum Gasteiger partial charge on any atom is 0.255 e. The second kappa shape index (κ2) is 9.62. The maximum absolute atomic E-state index is 12.4. The number of amides is 2. The van der Waals surface area contributed by atoms with E-state index in [1.54, 1.807) is 24.3 Å². The van der Waals surface area contributed by atoms with Crippen molar-refractivity contribution < 1.29 is 9.59 Å². The average Bonchev–Trinajstić information content (AvgIpc) is 2.59. The number of benzene rings is 2. The summed E-state index contributed by atoms with van der Waals surface area (Å²) in [5.41, 5.74) is 3.01. The molecule has 0 spiro atoms. The van der Waals surface area contributed by atoms with Crippen molar-refractivity contribution >= 4 is 23.2 Å². The number of unbranched alkanes of at least 4 members (excludes halogenated alkanes) is 3. The quantitative estimate of drug-likeness (QED) is 0.653. The van der Waals surface area contributed by atoms with Gasteiger partial charge in [0.2, 0.25) is 5.91 Å². The van der Waals surface area contributed by atoms with Crippen LogP contribution in [0, 0.1) is 6.92 Å². The highest BCUT2D eigenvalue weighted by Gasteiger charge is 2.08. The Labute approximate surface area is 149 Å². The minimum Gasteiger partial charge on any atom is -0.326 e. The third-order valence-corrected chi connectivity index (χ3v) is 3.94. The number of carbonyl (C=O) groups is 2. The number of rotatable bonds is 8. The molecule has 0 aromatic heterocycles. The number of carbonyl (C=O) groups excluding carboxylic acids is 2. The van der Waals surface area contributed by atoms with E-state index >= 15 is 0 Å². The molecule has 0 fully saturated rings. The fourth-order valence-electron chi connectivity index (χ4n) is 2.60. The van der Waals surface area contributed by atoms with Crippen LogP contribution in [0.5, 0.6) is 0 Å². The van der Waals surface area contributed by atoms with Gasteiger partial charge in [-0.15, -0.1) is 0 Å². The zero-order valence-corrected chi connectivity index (χ0v) is 15.0. The Morgan fingerprint density at radius 2 is 1.60 bits per heavy atom. The fourth-order valence-corrected chi connectivity index (χ4v) is 2.60. The van der Waals surface area contributed by atoms with Crippen LogP contribution in [0.25, 0.3) is 0 Å². The molecule has 2 amide bonds. The number of hydrogen-bond donors (Lipinski definition) is 2. The van der Waals surface area contributed by atoms with Crippen LogP contribution in [0.1, 0.15) is 54.9 Å². The Hall–Kier alpha value is -2.62. The monoisotopic (exact) mass is 338 g/mol. The number of anilines is 2. The summed E-state index contributed by atoms with van der Waals surface area (Å²) >= 11 is 0. The van der Waals surface area contributed by atoms with E-state index in [0.29, 0.717) is 17.7 Å². The molecule has 2 rings (SSSR count). The Bertz CT molecular complexity index is 725. The van der Waals surface area contributed by atoms with Crippen LogP contribution in [0.15, 0.2) is 48.5 Å². The molecule has 0 aliphatic carbocycles. The lowest BCUT2D eigenvalue weighted by Crippen LogP contribution is -2.14. The van der Waals surface area contributed by atoms with E-state index in [9.17, 15) is 9.59 Å². The smallest absolute Gasteiger partial charge is 0.255 e. The molecule has 2 N–H and O–H groups in total. The van der Waals surface area contributed by atoms with Gasteiger partial charge in [0, 0.05) is 23.4 Å². The van der Waals surface area contributed by atoms with E-state index in [0.717, 1.165) is 36.9 Å². The first-order valence-corrected chi connectivity index (χ1v) is 8.86. The van der Waals surface area contributed by atoms with E-state index in [-0.39, 0.29) is 11.8 Å². The van der Waals surface area contributed by atoms with E-state index in [1.165, 1.54) is 0 Å². The molecule has 25 heavy (non-hydrogen) atoms. The lowest BCUT2D eigenvalue weighted by atomic mass is 10.1. The molecular weight excluding hydrogens is 312 g/mol. The molecule has 0 bridgehead atoms. The molecular formula is C21H26N2O2. The van der Waals surface area contributed by atoms with Crippen LogP contribution < -0.4 is 10.6 Å². The molecule has 4 nitrogen and oxygen atoms in total. The van der Waals surface area contributed by atoms with Crippen LogP contribution in [-0.4, -0.2) is 11.8 Å². The van der Waals surface area contributed by atoms with Crippen molar-refractivity contribution in [1.82, 2.24) is 0 Å². The van der Waals surface area contributed by atoms with Crippen LogP contribution in [-0.2, 0) is 4.79 Å². The third kappa shape index (κ3) is 6.42. The second-order valence-electron chi connectivity index (χ2n) is 6.26. The SMILES string of the molecule is CCCCCCC(=O)Nc1cccc(C(=O)Nc2cccc(C)c2)c1. The summed E-state index contributed by atoms with van der Waals surface area (Å²) in [5, 5.41) is 5.74. The zero-order chi connectivity index (χ0) is 18.1. The largest absolute Gasteiger partial charge is 0.326 e. The molecule has 0 aliphatic heterocycles. The number of hydrogen-bond acceptors (Lipinski definition) is 2. The lowest BCUT2D eigenvalue weighted by molar-refractivity contribution is -0.116. The first kappa shape index (κ1) is 18.7. The van der Waals surface area contributed by atoms with Crippen molar-refractivity contribution in [2.45, 2.75) is 46.0 Å².